The van der Waals surface area contributed by atoms with Gasteiger partial charge in [-0.3, -0.25) is 5.32 Å². The van der Waals surface area contributed by atoms with Crippen molar-refractivity contribution in [2.24, 2.45) is 0 Å². The molecule has 0 saturated heterocycles. The number of hydrogen-bond acceptors (Lipinski definition) is 5. The van der Waals surface area contributed by atoms with Gasteiger partial charge in [0, 0.05) is 12.1 Å². The largest absolute Gasteiger partial charge is 0.453 e. The predicted molar refractivity (Wildman–Crippen MR) is 83.9 cm³/mol. The highest BCUT2D eigenvalue weighted by Crippen LogP contribution is 2.38. The number of ether oxygens (including phenoxy) is 1. The van der Waals surface area contributed by atoms with E-state index in [2.05, 4.69) is 29.4 Å². The molecule has 0 bridgehead atoms. The van der Waals surface area contributed by atoms with Crippen LogP contribution in [0.2, 0.25) is 0 Å². The minimum Gasteiger partial charge on any atom is -0.453 e. The Morgan fingerprint density at radius 2 is 2.10 bits per heavy atom. The summed E-state index contributed by atoms with van der Waals surface area (Å²) < 4.78 is 6.05. The molecule has 1 aromatic rings. The molecule has 1 unspecified atom stereocenters. The van der Waals surface area contributed by atoms with Crippen LogP contribution in [0.5, 0.6) is 5.75 Å². The molecule has 0 radical (unpaired) electrons. The minimum absolute atomic E-state index is 0.511. The van der Waals surface area contributed by atoms with Crippen LogP contribution >= 0.6 is 0 Å². The molecule has 2 rings (SSSR count). The third-order valence-corrected chi connectivity index (χ3v) is 3.93. The molecule has 1 heterocycles. The Morgan fingerprint density at radius 3 is 2.75 bits per heavy atom. The van der Waals surface area contributed by atoms with E-state index in [1.165, 1.54) is 0 Å². The third kappa shape index (κ3) is 3.16. The van der Waals surface area contributed by atoms with Gasteiger partial charge in [0.05, 0.1) is 5.69 Å². The van der Waals surface area contributed by atoms with Crippen molar-refractivity contribution in [1.82, 2.24) is 10.2 Å². The molecule has 0 fully saturated rings. The van der Waals surface area contributed by atoms with Gasteiger partial charge in [0.2, 0.25) is 5.85 Å². The van der Waals surface area contributed by atoms with Crippen molar-refractivity contribution < 1.29 is 4.74 Å². The molecule has 0 amide bonds. The lowest BCUT2D eigenvalue weighted by atomic mass is 10.2. The fourth-order valence-electron chi connectivity index (χ4n) is 2.61. The van der Waals surface area contributed by atoms with Crippen molar-refractivity contribution in [3.8, 4) is 5.75 Å². The molecule has 0 saturated carbocycles. The van der Waals surface area contributed by atoms with Crippen LogP contribution in [0, 0.1) is 0 Å². The van der Waals surface area contributed by atoms with Crippen molar-refractivity contribution in [3.05, 3.63) is 18.2 Å². The smallest absolute Gasteiger partial charge is 0.238 e. The van der Waals surface area contributed by atoms with E-state index in [1.807, 2.05) is 25.2 Å². The third-order valence-electron chi connectivity index (χ3n) is 3.93. The summed E-state index contributed by atoms with van der Waals surface area (Å²) in [7, 11) is 1.92. The monoisotopic (exact) mass is 278 g/mol. The van der Waals surface area contributed by atoms with E-state index in [4.69, 9.17) is 10.5 Å². The van der Waals surface area contributed by atoms with Gasteiger partial charge in [-0.25, -0.2) is 0 Å². The van der Waals surface area contributed by atoms with Gasteiger partial charge in [-0.1, -0.05) is 13.8 Å². The van der Waals surface area contributed by atoms with Crippen molar-refractivity contribution in [1.29, 1.82) is 0 Å². The first kappa shape index (κ1) is 14.9. The SMILES string of the molecule is CCN(CC)CCCC1(NC)Nc2cc(N)ccc2O1. The van der Waals surface area contributed by atoms with E-state index in [-0.39, 0.29) is 0 Å². The maximum Gasteiger partial charge on any atom is 0.238 e. The van der Waals surface area contributed by atoms with Crippen LogP contribution < -0.4 is 21.1 Å². The average molecular weight is 278 g/mol. The van der Waals surface area contributed by atoms with Gasteiger partial charge in [0.15, 0.2) is 0 Å². The first-order chi connectivity index (χ1) is 9.62. The van der Waals surface area contributed by atoms with Gasteiger partial charge in [-0.2, -0.15) is 0 Å². The van der Waals surface area contributed by atoms with Crippen LogP contribution in [0.3, 0.4) is 0 Å². The van der Waals surface area contributed by atoms with Crippen LogP contribution in [0.15, 0.2) is 18.2 Å². The Kier molecular flexibility index (Phi) is 4.73. The molecule has 0 aromatic heterocycles. The topological polar surface area (TPSA) is 62.5 Å². The van der Waals surface area contributed by atoms with Crippen LogP contribution in [0.4, 0.5) is 11.4 Å². The normalized spacial score (nSPS) is 20.6. The van der Waals surface area contributed by atoms with Gasteiger partial charge in [0.1, 0.15) is 5.75 Å². The highest BCUT2D eigenvalue weighted by molar-refractivity contribution is 5.67. The molecule has 112 valence electrons. The molecule has 1 atom stereocenters. The predicted octanol–water partition coefficient (Wildman–Crippen LogP) is 2.07. The number of nitrogens with two attached hydrogens (primary N) is 1. The first-order valence-electron chi connectivity index (χ1n) is 7.40. The summed E-state index contributed by atoms with van der Waals surface area (Å²) in [6.07, 6.45) is 1.97. The van der Waals surface area contributed by atoms with Gasteiger partial charge < -0.3 is 20.7 Å². The molecule has 1 aliphatic rings. The van der Waals surface area contributed by atoms with Gasteiger partial charge in [-0.05, 0) is 51.3 Å². The second-order valence-electron chi connectivity index (χ2n) is 5.19. The lowest BCUT2D eigenvalue weighted by Gasteiger charge is -2.29. The zero-order chi connectivity index (χ0) is 14.6. The van der Waals surface area contributed by atoms with E-state index in [1.54, 1.807) is 0 Å². The average Bonchev–Trinajstić information content (AvgIpc) is 2.82. The number of benzene rings is 1. The Hall–Kier alpha value is -1.46. The maximum atomic E-state index is 6.05. The number of hydrogen-bond donors (Lipinski definition) is 3. The second-order valence-corrected chi connectivity index (χ2v) is 5.19. The van der Waals surface area contributed by atoms with Crippen LogP contribution in [0.25, 0.3) is 0 Å². The van der Waals surface area contributed by atoms with Crippen molar-refractivity contribution in [2.45, 2.75) is 32.5 Å². The highest BCUT2D eigenvalue weighted by Gasteiger charge is 2.36. The zero-order valence-electron chi connectivity index (χ0n) is 12.7. The summed E-state index contributed by atoms with van der Waals surface area (Å²) in [6.45, 7) is 7.66. The standard InChI is InChI=1S/C15H26N4O/c1-4-19(5-2)10-6-9-15(17-3)18-13-11-12(16)7-8-14(13)20-15/h7-8,11,17-18H,4-6,9-10,16H2,1-3H3. The molecule has 1 aliphatic heterocycles. The summed E-state index contributed by atoms with van der Waals surface area (Å²) in [6, 6.07) is 5.70. The summed E-state index contributed by atoms with van der Waals surface area (Å²) in [4.78, 5) is 2.42. The Bertz CT molecular complexity index is 447. The van der Waals surface area contributed by atoms with E-state index in [0.29, 0.717) is 0 Å². The molecule has 5 heteroatoms. The quantitative estimate of drug-likeness (QED) is 0.667. The number of fused-ring (bicyclic) bond motifs is 1. The molecule has 4 N–H and O–H groups in total. The summed E-state index contributed by atoms with van der Waals surface area (Å²) in [5.41, 5.74) is 7.52. The summed E-state index contributed by atoms with van der Waals surface area (Å²) >= 11 is 0. The molecular weight excluding hydrogens is 252 g/mol. The first-order valence-corrected chi connectivity index (χ1v) is 7.40. The van der Waals surface area contributed by atoms with E-state index in [0.717, 1.165) is 49.6 Å². The molecular formula is C15H26N4O. The number of nitrogens with zero attached hydrogens (tertiary/aromatic N) is 1. The van der Waals surface area contributed by atoms with Crippen molar-refractivity contribution in [3.63, 3.8) is 0 Å². The van der Waals surface area contributed by atoms with Gasteiger partial charge >= 0.3 is 0 Å². The molecule has 20 heavy (non-hydrogen) atoms. The van der Waals surface area contributed by atoms with Crippen LogP contribution in [-0.4, -0.2) is 37.4 Å². The summed E-state index contributed by atoms with van der Waals surface area (Å²) in [5.74, 6) is 0.347. The second kappa shape index (κ2) is 6.33. The van der Waals surface area contributed by atoms with Crippen LogP contribution in [0.1, 0.15) is 26.7 Å². The Balaban J connectivity index is 1.96. The lowest BCUT2D eigenvalue weighted by Crippen LogP contribution is -2.52. The number of nitrogen functional groups attached to an aromatic ring is 1. The van der Waals surface area contributed by atoms with Crippen LogP contribution in [-0.2, 0) is 0 Å². The Morgan fingerprint density at radius 1 is 1.35 bits per heavy atom. The van der Waals surface area contributed by atoms with Crippen molar-refractivity contribution in [2.75, 3.05) is 37.7 Å². The maximum absolute atomic E-state index is 6.05. The number of nitrogens with one attached hydrogen (secondary N) is 2. The highest BCUT2D eigenvalue weighted by atomic mass is 16.5. The Labute approximate surface area is 121 Å². The number of anilines is 2. The van der Waals surface area contributed by atoms with Gasteiger partial charge in [-0.15, -0.1) is 0 Å². The molecule has 0 aliphatic carbocycles. The van der Waals surface area contributed by atoms with E-state index < -0.39 is 5.85 Å². The molecule has 0 spiro atoms. The van der Waals surface area contributed by atoms with Gasteiger partial charge in [0.25, 0.3) is 0 Å². The zero-order valence-corrected chi connectivity index (χ0v) is 12.7. The van der Waals surface area contributed by atoms with E-state index in [9.17, 15) is 0 Å². The summed E-state index contributed by atoms with van der Waals surface area (Å²) in [5, 5.41) is 6.68. The fourth-order valence-corrected chi connectivity index (χ4v) is 2.61. The molecule has 5 nitrogen and oxygen atoms in total. The van der Waals surface area contributed by atoms with Crippen molar-refractivity contribution >= 4 is 11.4 Å². The molecule has 1 aromatic carbocycles. The van der Waals surface area contributed by atoms with E-state index >= 15 is 0 Å². The minimum atomic E-state index is -0.511. The lowest BCUT2D eigenvalue weighted by molar-refractivity contribution is 0.0725. The fraction of sp³-hybridized carbons (Fsp3) is 0.600. The number of rotatable bonds is 7.